The fourth-order valence-corrected chi connectivity index (χ4v) is 3.04. The highest BCUT2D eigenvalue weighted by Crippen LogP contribution is 2.34. The van der Waals surface area contributed by atoms with Crippen molar-refractivity contribution in [2.45, 2.75) is 19.3 Å². The number of carbonyl (C=O) groups excluding carboxylic acids is 2. The number of phenolic OH excluding ortho intramolecular Hbond substituents is 1. The molecule has 9 heteroatoms. The van der Waals surface area contributed by atoms with Gasteiger partial charge < -0.3 is 31.7 Å². The molecule has 2 aromatic rings. The fourth-order valence-electron chi connectivity index (χ4n) is 3.04. The number of allylic oxidation sites excluding steroid dienone is 1. The Labute approximate surface area is 172 Å². The molecule has 1 atom stereocenters. The Balaban J connectivity index is 2.56. The maximum atomic E-state index is 14.5. The summed E-state index contributed by atoms with van der Waals surface area (Å²) in [6.07, 6.45) is 1.19. The molecule has 30 heavy (non-hydrogen) atoms. The van der Waals surface area contributed by atoms with Crippen molar-refractivity contribution in [2.24, 2.45) is 0 Å². The number of benzene rings is 2. The number of nitrogens with two attached hydrogens (primary N) is 1. The van der Waals surface area contributed by atoms with Gasteiger partial charge in [0.2, 0.25) is 0 Å². The summed E-state index contributed by atoms with van der Waals surface area (Å²) in [6, 6.07) is 5.49. The van der Waals surface area contributed by atoms with Gasteiger partial charge in [0, 0.05) is 48.1 Å². The zero-order valence-electron chi connectivity index (χ0n) is 16.4. The SMILES string of the molecule is CN/C(C)=C(/C(=O)Nc1cc(C=N)c(N)cc1F)C(CC=O)c1cc(O)ccc1F. The zero-order valence-corrected chi connectivity index (χ0v) is 16.4. The summed E-state index contributed by atoms with van der Waals surface area (Å²) in [5.74, 6) is -3.58. The first-order valence-corrected chi connectivity index (χ1v) is 8.94. The summed E-state index contributed by atoms with van der Waals surface area (Å²) in [6.45, 7) is 1.55. The van der Waals surface area contributed by atoms with Gasteiger partial charge in [0.15, 0.2) is 0 Å². The minimum absolute atomic E-state index is 0.0123. The maximum absolute atomic E-state index is 14.5. The standard InChI is InChI=1S/C21H22F2N4O3/c1-11(26-2)20(14(5-6-28)15-8-13(29)3-4-16(15)22)21(30)27-19-7-12(10-24)18(25)9-17(19)23/h3-4,6-10,14,24,26,29H,5,25H2,1-2H3,(H,27,30)/b20-11+,24-10?. The third-order valence-corrected chi connectivity index (χ3v) is 4.64. The lowest BCUT2D eigenvalue weighted by atomic mass is 9.86. The number of carbonyl (C=O) groups is 2. The van der Waals surface area contributed by atoms with E-state index in [1.54, 1.807) is 6.92 Å². The molecule has 0 aliphatic carbocycles. The van der Waals surface area contributed by atoms with Crippen LogP contribution in [0.3, 0.4) is 0 Å². The molecule has 2 rings (SSSR count). The van der Waals surface area contributed by atoms with E-state index in [1.807, 2.05) is 0 Å². The van der Waals surface area contributed by atoms with Gasteiger partial charge in [-0.1, -0.05) is 0 Å². The first-order chi connectivity index (χ1) is 14.2. The van der Waals surface area contributed by atoms with Gasteiger partial charge in [0.05, 0.1) is 5.69 Å². The van der Waals surface area contributed by atoms with Gasteiger partial charge >= 0.3 is 0 Å². The van der Waals surface area contributed by atoms with Gasteiger partial charge in [-0.2, -0.15) is 0 Å². The lowest BCUT2D eigenvalue weighted by Gasteiger charge is -2.22. The topological polar surface area (TPSA) is 128 Å². The van der Waals surface area contributed by atoms with E-state index in [9.17, 15) is 23.5 Å². The van der Waals surface area contributed by atoms with Crippen LogP contribution in [-0.2, 0) is 9.59 Å². The summed E-state index contributed by atoms with van der Waals surface area (Å²) in [5, 5.41) is 22.3. The van der Waals surface area contributed by atoms with Crippen molar-refractivity contribution in [1.29, 1.82) is 5.41 Å². The molecule has 6 N–H and O–H groups in total. The van der Waals surface area contributed by atoms with Crippen molar-refractivity contribution < 1.29 is 23.5 Å². The maximum Gasteiger partial charge on any atom is 0.254 e. The highest BCUT2D eigenvalue weighted by molar-refractivity contribution is 6.06. The van der Waals surface area contributed by atoms with Crippen LogP contribution >= 0.6 is 0 Å². The molecular formula is C21H22F2N4O3. The van der Waals surface area contributed by atoms with E-state index in [0.29, 0.717) is 12.0 Å². The highest BCUT2D eigenvalue weighted by atomic mass is 19.1. The van der Waals surface area contributed by atoms with Crippen LogP contribution in [0.4, 0.5) is 20.2 Å². The average molecular weight is 416 g/mol. The Bertz CT molecular complexity index is 1020. The number of phenols is 1. The number of rotatable bonds is 8. The van der Waals surface area contributed by atoms with Gasteiger partial charge in [-0.3, -0.25) is 4.79 Å². The summed E-state index contributed by atoms with van der Waals surface area (Å²) in [4.78, 5) is 24.4. The predicted molar refractivity (Wildman–Crippen MR) is 111 cm³/mol. The largest absolute Gasteiger partial charge is 0.508 e. The quantitative estimate of drug-likeness (QED) is 0.196. The van der Waals surface area contributed by atoms with Crippen LogP contribution < -0.4 is 16.4 Å². The van der Waals surface area contributed by atoms with Gasteiger partial charge in [0.1, 0.15) is 23.7 Å². The van der Waals surface area contributed by atoms with Crippen LogP contribution in [-0.4, -0.2) is 30.6 Å². The average Bonchev–Trinajstić information content (AvgIpc) is 2.71. The van der Waals surface area contributed by atoms with Crippen molar-refractivity contribution in [1.82, 2.24) is 5.32 Å². The van der Waals surface area contributed by atoms with Crippen molar-refractivity contribution in [2.75, 3.05) is 18.1 Å². The number of anilines is 2. The molecule has 0 heterocycles. The zero-order chi connectivity index (χ0) is 22.4. The van der Waals surface area contributed by atoms with Gasteiger partial charge in [-0.15, -0.1) is 0 Å². The van der Waals surface area contributed by atoms with Crippen LogP contribution in [0.5, 0.6) is 5.75 Å². The Morgan fingerprint density at radius 2 is 1.97 bits per heavy atom. The second kappa shape index (κ2) is 9.64. The minimum Gasteiger partial charge on any atom is -0.508 e. The molecule has 0 aliphatic rings. The smallest absolute Gasteiger partial charge is 0.254 e. The van der Waals surface area contributed by atoms with Crippen molar-refractivity contribution >= 4 is 29.8 Å². The van der Waals surface area contributed by atoms with E-state index in [4.69, 9.17) is 11.1 Å². The number of hydrogen-bond acceptors (Lipinski definition) is 6. The van der Waals surface area contributed by atoms with Crippen molar-refractivity contribution in [3.8, 4) is 5.75 Å². The molecule has 0 spiro atoms. The molecule has 2 aromatic carbocycles. The second-order valence-electron chi connectivity index (χ2n) is 6.51. The lowest BCUT2D eigenvalue weighted by molar-refractivity contribution is -0.113. The number of hydrogen-bond donors (Lipinski definition) is 5. The number of nitrogen functional groups attached to an aromatic ring is 1. The first kappa shape index (κ1) is 22.5. The molecular weight excluding hydrogens is 394 g/mol. The van der Waals surface area contributed by atoms with E-state index in [0.717, 1.165) is 30.5 Å². The minimum atomic E-state index is -1.04. The summed E-state index contributed by atoms with van der Waals surface area (Å²) in [5.41, 5.74) is 5.89. The summed E-state index contributed by atoms with van der Waals surface area (Å²) < 4.78 is 28.8. The molecule has 158 valence electrons. The summed E-state index contributed by atoms with van der Waals surface area (Å²) in [7, 11) is 1.54. The molecule has 0 aromatic heterocycles. The normalized spacial score (nSPS) is 12.5. The molecule has 0 fully saturated rings. The molecule has 0 bridgehead atoms. The first-order valence-electron chi connectivity index (χ1n) is 8.94. The van der Waals surface area contributed by atoms with Crippen LogP contribution in [0.25, 0.3) is 0 Å². The van der Waals surface area contributed by atoms with Crippen LogP contribution in [0.1, 0.15) is 30.4 Å². The van der Waals surface area contributed by atoms with E-state index >= 15 is 0 Å². The molecule has 0 saturated heterocycles. The molecule has 1 amide bonds. The van der Waals surface area contributed by atoms with E-state index in [2.05, 4.69) is 10.6 Å². The van der Waals surface area contributed by atoms with E-state index in [1.165, 1.54) is 13.1 Å². The Morgan fingerprint density at radius 3 is 2.57 bits per heavy atom. The van der Waals surface area contributed by atoms with Crippen molar-refractivity contribution in [3.63, 3.8) is 0 Å². The van der Waals surface area contributed by atoms with Crippen molar-refractivity contribution in [3.05, 3.63) is 64.4 Å². The summed E-state index contributed by atoms with van der Waals surface area (Å²) >= 11 is 0. The third-order valence-electron chi connectivity index (χ3n) is 4.64. The lowest BCUT2D eigenvalue weighted by Crippen LogP contribution is -2.25. The monoisotopic (exact) mass is 416 g/mol. The molecule has 7 nitrogen and oxygen atoms in total. The molecule has 0 radical (unpaired) electrons. The Hall–Kier alpha value is -3.75. The number of halogens is 2. The van der Waals surface area contributed by atoms with E-state index in [-0.39, 0.29) is 40.2 Å². The van der Waals surface area contributed by atoms with Gasteiger partial charge in [-0.05, 0) is 42.8 Å². The highest BCUT2D eigenvalue weighted by Gasteiger charge is 2.28. The van der Waals surface area contributed by atoms with Crippen LogP contribution in [0, 0.1) is 17.0 Å². The third kappa shape index (κ3) is 4.80. The van der Waals surface area contributed by atoms with Crippen LogP contribution in [0.15, 0.2) is 41.6 Å². The fraction of sp³-hybridized carbons (Fsp3) is 0.190. The van der Waals surface area contributed by atoms with Crippen LogP contribution in [0.2, 0.25) is 0 Å². The predicted octanol–water partition coefficient (Wildman–Crippen LogP) is 3.05. The number of aromatic hydroxyl groups is 1. The number of nitrogens with one attached hydrogen (secondary N) is 3. The molecule has 1 unspecified atom stereocenters. The van der Waals surface area contributed by atoms with Gasteiger partial charge in [-0.25, -0.2) is 8.78 Å². The molecule has 0 saturated carbocycles. The van der Waals surface area contributed by atoms with E-state index < -0.39 is 23.5 Å². The Kier molecular flexibility index (Phi) is 7.24. The van der Waals surface area contributed by atoms with Gasteiger partial charge in [0.25, 0.3) is 5.91 Å². The molecule has 0 aliphatic heterocycles. The number of aldehydes is 1. The number of amides is 1. The Morgan fingerprint density at radius 1 is 1.27 bits per heavy atom. The second-order valence-corrected chi connectivity index (χ2v) is 6.51.